The van der Waals surface area contributed by atoms with Gasteiger partial charge >= 0.3 is 11.9 Å². The first kappa shape index (κ1) is 15.0. The SMILES string of the molecule is CCCc1ccc(N2C(=O)c3c[nH+]c4c([n+]3C2=O)CCCC4)cc1. The Morgan fingerprint density at radius 2 is 1.88 bits per heavy atom. The van der Waals surface area contributed by atoms with Crippen molar-refractivity contribution in [2.24, 2.45) is 0 Å². The molecule has 1 aliphatic carbocycles. The van der Waals surface area contributed by atoms with Crippen LogP contribution in [0.3, 0.4) is 0 Å². The third-order valence-electron chi connectivity index (χ3n) is 4.87. The smallest absolute Gasteiger partial charge is 0.236 e. The fraction of sp³-hybridized carbons (Fsp3) is 0.368. The topological polar surface area (TPSA) is 55.4 Å². The summed E-state index contributed by atoms with van der Waals surface area (Å²) in [5.74, 6) is -0.257. The first-order chi connectivity index (χ1) is 11.7. The number of benzene rings is 1. The van der Waals surface area contributed by atoms with Gasteiger partial charge in [0, 0.05) is 12.8 Å². The molecule has 2 amide bonds. The number of anilines is 1. The number of hydrogen-bond acceptors (Lipinski definition) is 2. The summed E-state index contributed by atoms with van der Waals surface area (Å²) < 4.78 is 1.60. The van der Waals surface area contributed by atoms with Gasteiger partial charge in [-0.15, -0.1) is 9.47 Å². The molecule has 2 aliphatic rings. The van der Waals surface area contributed by atoms with Crippen LogP contribution in [-0.2, 0) is 19.3 Å². The molecule has 0 radical (unpaired) electrons. The second-order valence-electron chi connectivity index (χ2n) is 6.48. The molecule has 1 N–H and O–H groups in total. The lowest BCUT2D eigenvalue weighted by Gasteiger charge is -2.09. The van der Waals surface area contributed by atoms with Gasteiger partial charge in [0.15, 0.2) is 5.69 Å². The molecule has 1 aromatic carbocycles. The average molecular weight is 323 g/mol. The minimum absolute atomic E-state index is 0.257. The number of aromatic nitrogens is 2. The van der Waals surface area contributed by atoms with Crippen molar-refractivity contribution in [2.75, 3.05) is 4.90 Å². The maximum absolute atomic E-state index is 12.9. The van der Waals surface area contributed by atoms with Crippen LogP contribution in [0.2, 0.25) is 0 Å². The van der Waals surface area contributed by atoms with Crippen LogP contribution in [0.5, 0.6) is 0 Å². The van der Waals surface area contributed by atoms with Crippen LogP contribution in [-0.4, -0.2) is 11.9 Å². The van der Waals surface area contributed by atoms with Crippen molar-refractivity contribution in [3.63, 3.8) is 0 Å². The minimum Gasteiger partial charge on any atom is -0.236 e. The Labute approximate surface area is 140 Å². The van der Waals surface area contributed by atoms with Gasteiger partial charge in [0.1, 0.15) is 5.69 Å². The monoisotopic (exact) mass is 323 g/mol. The van der Waals surface area contributed by atoms with Crippen molar-refractivity contribution in [2.45, 2.75) is 45.4 Å². The molecule has 24 heavy (non-hydrogen) atoms. The predicted molar refractivity (Wildman–Crippen MR) is 87.9 cm³/mol. The molecule has 0 spiro atoms. The summed E-state index contributed by atoms with van der Waals surface area (Å²) in [6, 6.07) is 7.46. The van der Waals surface area contributed by atoms with Crippen LogP contribution in [0, 0.1) is 0 Å². The molecular weight excluding hydrogens is 302 g/mol. The first-order valence-electron chi connectivity index (χ1n) is 8.67. The molecule has 2 aromatic rings. The maximum atomic E-state index is 12.9. The van der Waals surface area contributed by atoms with E-state index in [9.17, 15) is 9.59 Å². The van der Waals surface area contributed by atoms with E-state index >= 15 is 0 Å². The van der Waals surface area contributed by atoms with Gasteiger partial charge in [-0.2, -0.15) is 4.79 Å². The largest absolute Gasteiger partial charge is 0.512 e. The van der Waals surface area contributed by atoms with Crippen LogP contribution in [0.25, 0.3) is 0 Å². The molecule has 4 rings (SSSR count). The fourth-order valence-corrected chi connectivity index (χ4v) is 3.66. The Morgan fingerprint density at radius 3 is 2.62 bits per heavy atom. The van der Waals surface area contributed by atoms with Crippen LogP contribution >= 0.6 is 0 Å². The Bertz CT molecular complexity index is 827. The number of nitrogens with zero attached hydrogens (tertiary/aromatic N) is 2. The van der Waals surface area contributed by atoms with E-state index in [0.29, 0.717) is 11.4 Å². The zero-order valence-electron chi connectivity index (χ0n) is 13.8. The van der Waals surface area contributed by atoms with E-state index < -0.39 is 0 Å². The highest BCUT2D eigenvalue weighted by molar-refractivity contribution is 6.20. The van der Waals surface area contributed by atoms with Gasteiger partial charge in [-0.3, -0.25) is 0 Å². The summed E-state index contributed by atoms with van der Waals surface area (Å²) in [6.45, 7) is 2.13. The van der Waals surface area contributed by atoms with Gasteiger partial charge in [-0.05, 0) is 37.0 Å². The third kappa shape index (κ3) is 2.23. The standard InChI is InChI=1S/C19H20N3O2/c1-2-5-13-8-10-14(11-9-13)21-18(23)17-12-20-15-6-3-4-7-16(15)22(17)19(21)24/h8-12H,2-7H2,1H3/q+1/p+1. The van der Waals surface area contributed by atoms with Gasteiger partial charge in [0.2, 0.25) is 11.9 Å². The maximum Gasteiger partial charge on any atom is 0.512 e. The summed E-state index contributed by atoms with van der Waals surface area (Å²) in [6.07, 6.45) is 7.69. The summed E-state index contributed by atoms with van der Waals surface area (Å²) in [5.41, 5.74) is 4.32. The Balaban J connectivity index is 1.74. The average Bonchev–Trinajstić information content (AvgIpc) is 2.87. The number of nitrogens with one attached hydrogen (secondary N) is 1. The number of aryl methyl sites for hydroxylation is 2. The van der Waals surface area contributed by atoms with E-state index in [4.69, 9.17) is 0 Å². The molecule has 1 aliphatic heterocycles. The zero-order chi connectivity index (χ0) is 16.7. The quantitative estimate of drug-likeness (QED) is 0.814. The second kappa shape index (κ2) is 5.82. The lowest BCUT2D eigenvalue weighted by atomic mass is 10.00. The zero-order valence-corrected chi connectivity index (χ0v) is 13.8. The van der Waals surface area contributed by atoms with Crippen molar-refractivity contribution < 1.29 is 19.1 Å². The van der Waals surface area contributed by atoms with Crippen molar-refractivity contribution in [3.05, 3.63) is 53.1 Å². The molecule has 0 unspecified atom stereocenters. The predicted octanol–water partition coefficient (Wildman–Crippen LogP) is 2.25. The summed E-state index contributed by atoms with van der Waals surface area (Å²) in [4.78, 5) is 30.2. The van der Waals surface area contributed by atoms with Gasteiger partial charge in [0.25, 0.3) is 5.69 Å². The normalized spacial score (nSPS) is 16.3. The van der Waals surface area contributed by atoms with E-state index in [0.717, 1.165) is 49.9 Å². The molecule has 5 heteroatoms. The van der Waals surface area contributed by atoms with E-state index in [1.54, 1.807) is 10.8 Å². The van der Waals surface area contributed by atoms with Crippen LogP contribution in [0.4, 0.5) is 10.5 Å². The van der Waals surface area contributed by atoms with Gasteiger partial charge in [-0.25, -0.2) is 9.78 Å². The fourth-order valence-electron chi connectivity index (χ4n) is 3.66. The summed E-state index contributed by atoms with van der Waals surface area (Å²) >= 11 is 0. The first-order valence-corrected chi connectivity index (χ1v) is 8.67. The van der Waals surface area contributed by atoms with E-state index in [1.165, 1.54) is 10.5 Å². The molecule has 5 nitrogen and oxygen atoms in total. The van der Waals surface area contributed by atoms with E-state index in [2.05, 4.69) is 11.9 Å². The van der Waals surface area contributed by atoms with Gasteiger partial charge < -0.3 is 0 Å². The number of rotatable bonds is 3. The number of fused-ring (bicyclic) bond motifs is 3. The molecule has 1 aromatic heterocycles. The number of aromatic amines is 1. The van der Waals surface area contributed by atoms with Crippen LogP contribution in [0.15, 0.2) is 30.5 Å². The Hall–Kier alpha value is -2.56. The molecule has 122 valence electrons. The number of H-pyrrole nitrogens is 1. The number of carbonyl (C=O) groups is 2. The summed E-state index contributed by atoms with van der Waals surface area (Å²) in [7, 11) is 0. The third-order valence-corrected chi connectivity index (χ3v) is 4.87. The second-order valence-corrected chi connectivity index (χ2v) is 6.48. The van der Waals surface area contributed by atoms with E-state index in [1.807, 2.05) is 24.3 Å². The lowest BCUT2D eigenvalue weighted by Crippen LogP contribution is -2.52. The lowest BCUT2D eigenvalue weighted by molar-refractivity contribution is -0.596. The van der Waals surface area contributed by atoms with E-state index in [-0.39, 0.29) is 11.9 Å². The Morgan fingerprint density at radius 1 is 1.12 bits per heavy atom. The molecule has 0 saturated heterocycles. The van der Waals surface area contributed by atoms with Crippen molar-refractivity contribution in [3.8, 4) is 0 Å². The molecule has 2 heterocycles. The number of imide groups is 1. The van der Waals surface area contributed by atoms with Crippen molar-refractivity contribution >= 4 is 17.6 Å². The van der Waals surface area contributed by atoms with Crippen LogP contribution in [0.1, 0.15) is 53.6 Å². The molecule has 0 saturated carbocycles. The number of carbonyl (C=O) groups excluding carboxylic acids is 2. The highest BCUT2D eigenvalue weighted by Crippen LogP contribution is 2.23. The number of hydrogen-bond donors (Lipinski definition) is 0. The van der Waals surface area contributed by atoms with Crippen molar-refractivity contribution in [1.29, 1.82) is 0 Å². The summed E-state index contributed by atoms with van der Waals surface area (Å²) in [5, 5.41) is 0. The molecule has 0 bridgehead atoms. The Kier molecular flexibility index (Phi) is 3.63. The number of amides is 2. The molecule has 0 fully saturated rings. The van der Waals surface area contributed by atoms with Gasteiger partial charge in [-0.1, -0.05) is 25.5 Å². The van der Waals surface area contributed by atoms with Crippen LogP contribution < -0.4 is 14.5 Å². The molecular formula is C19H21N3O2+2. The minimum atomic E-state index is -0.259. The van der Waals surface area contributed by atoms with Crippen molar-refractivity contribution in [1.82, 2.24) is 0 Å². The highest BCUT2D eigenvalue weighted by Gasteiger charge is 2.51. The molecule has 0 atom stereocenters. The highest BCUT2D eigenvalue weighted by atomic mass is 16.2. The van der Waals surface area contributed by atoms with Gasteiger partial charge in [0.05, 0.1) is 0 Å².